The van der Waals surface area contributed by atoms with Gasteiger partial charge in [0.05, 0.1) is 12.1 Å². The van der Waals surface area contributed by atoms with E-state index in [2.05, 4.69) is 32.9 Å². The maximum absolute atomic E-state index is 13.1. The summed E-state index contributed by atoms with van der Waals surface area (Å²) < 4.78 is 2.29. The standard InChI is InChI=1S/C19H30N4O/c1-2-18-20-9-11-23(18)15-7-5-10-22(13-15)19(24)17-12-14-6-3-4-8-16(14)21-17/h9,11,14-17,21H,2-8,10,12-13H2,1H3. The number of aromatic nitrogens is 2. The van der Waals surface area contributed by atoms with Crippen LogP contribution < -0.4 is 5.32 Å². The molecule has 5 heteroatoms. The fourth-order valence-corrected chi connectivity index (χ4v) is 5.06. The molecule has 3 aliphatic rings. The van der Waals surface area contributed by atoms with Crippen molar-refractivity contribution >= 4 is 5.91 Å². The van der Waals surface area contributed by atoms with Crippen molar-refractivity contribution in [1.82, 2.24) is 19.8 Å². The van der Waals surface area contributed by atoms with Crippen molar-refractivity contribution in [3.05, 3.63) is 18.2 Å². The van der Waals surface area contributed by atoms with Gasteiger partial charge in [-0.2, -0.15) is 0 Å². The number of nitrogens with zero attached hydrogens (tertiary/aromatic N) is 3. The van der Waals surface area contributed by atoms with E-state index >= 15 is 0 Å². The number of fused-ring (bicyclic) bond motifs is 1. The first-order chi connectivity index (χ1) is 11.8. The summed E-state index contributed by atoms with van der Waals surface area (Å²) in [5.74, 6) is 2.21. The topological polar surface area (TPSA) is 50.2 Å². The minimum Gasteiger partial charge on any atom is -0.339 e. The molecule has 2 aliphatic heterocycles. The minimum absolute atomic E-state index is 0.0604. The summed E-state index contributed by atoms with van der Waals surface area (Å²) in [6.07, 6.45) is 13.4. The highest BCUT2D eigenvalue weighted by atomic mass is 16.2. The van der Waals surface area contributed by atoms with Gasteiger partial charge in [-0.05, 0) is 38.0 Å². The zero-order chi connectivity index (χ0) is 16.5. The number of carbonyl (C=O) groups excluding carboxylic acids is 1. The molecular formula is C19H30N4O. The summed E-state index contributed by atoms with van der Waals surface area (Å²) in [4.78, 5) is 19.6. The summed E-state index contributed by atoms with van der Waals surface area (Å²) in [5.41, 5.74) is 0. The van der Waals surface area contributed by atoms with Crippen LogP contribution in [0.2, 0.25) is 0 Å². The first-order valence-electron chi connectivity index (χ1n) is 9.82. The third-order valence-electron chi connectivity index (χ3n) is 6.33. The predicted molar refractivity (Wildman–Crippen MR) is 93.7 cm³/mol. The van der Waals surface area contributed by atoms with Gasteiger partial charge < -0.3 is 14.8 Å². The quantitative estimate of drug-likeness (QED) is 0.926. The largest absolute Gasteiger partial charge is 0.339 e. The Labute approximate surface area is 144 Å². The maximum atomic E-state index is 13.1. The summed E-state index contributed by atoms with van der Waals surface area (Å²) >= 11 is 0. The fourth-order valence-electron chi connectivity index (χ4n) is 5.06. The average Bonchev–Trinajstić information content (AvgIpc) is 3.27. The summed E-state index contributed by atoms with van der Waals surface area (Å²) in [7, 11) is 0. The number of imidazole rings is 1. The molecule has 132 valence electrons. The number of rotatable bonds is 3. The van der Waals surface area contributed by atoms with Crippen LogP contribution in [0.4, 0.5) is 0 Å². The lowest BCUT2D eigenvalue weighted by Gasteiger charge is -2.35. The van der Waals surface area contributed by atoms with Crippen LogP contribution in [-0.4, -0.2) is 45.5 Å². The van der Waals surface area contributed by atoms with Gasteiger partial charge >= 0.3 is 0 Å². The van der Waals surface area contributed by atoms with Gasteiger partial charge in [0.1, 0.15) is 5.82 Å². The van der Waals surface area contributed by atoms with Crippen LogP contribution >= 0.6 is 0 Å². The maximum Gasteiger partial charge on any atom is 0.239 e. The van der Waals surface area contributed by atoms with E-state index in [1.807, 2.05) is 6.20 Å². The zero-order valence-electron chi connectivity index (χ0n) is 14.8. The number of hydrogen-bond donors (Lipinski definition) is 1. The molecule has 1 aromatic rings. The Hall–Kier alpha value is -1.36. The number of amides is 1. The average molecular weight is 330 g/mol. The van der Waals surface area contributed by atoms with Crippen molar-refractivity contribution in [2.75, 3.05) is 13.1 Å². The molecular weight excluding hydrogens is 300 g/mol. The number of hydrogen-bond acceptors (Lipinski definition) is 3. The van der Waals surface area contributed by atoms with E-state index in [0.29, 0.717) is 18.0 Å². The van der Waals surface area contributed by atoms with E-state index in [9.17, 15) is 4.79 Å². The van der Waals surface area contributed by atoms with Crippen LogP contribution in [0.3, 0.4) is 0 Å². The molecule has 5 nitrogen and oxygen atoms in total. The minimum atomic E-state index is 0.0604. The van der Waals surface area contributed by atoms with Crippen molar-refractivity contribution in [2.45, 2.75) is 76.4 Å². The third-order valence-corrected chi connectivity index (χ3v) is 6.33. The molecule has 2 saturated heterocycles. The van der Waals surface area contributed by atoms with Gasteiger partial charge in [-0.15, -0.1) is 0 Å². The smallest absolute Gasteiger partial charge is 0.239 e. The van der Waals surface area contributed by atoms with Crippen molar-refractivity contribution < 1.29 is 4.79 Å². The Kier molecular flexibility index (Phi) is 4.61. The number of nitrogens with one attached hydrogen (secondary N) is 1. The van der Waals surface area contributed by atoms with Crippen LogP contribution in [0.5, 0.6) is 0 Å². The Bertz CT molecular complexity index is 570. The van der Waals surface area contributed by atoms with E-state index in [-0.39, 0.29) is 6.04 Å². The molecule has 24 heavy (non-hydrogen) atoms. The monoisotopic (exact) mass is 330 g/mol. The predicted octanol–water partition coefficient (Wildman–Crippen LogP) is 2.53. The Morgan fingerprint density at radius 3 is 3.00 bits per heavy atom. The third kappa shape index (κ3) is 2.99. The summed E-state index contributed by atoms with van der Waals surface area (Å²) in [6.45, 7) is 3.91. The molecule has 1 aliphatic carbocycles. The molecule has 4 rings (SSSR count). The van der Waals surface area contributed by atoms with Crippen molar-refractivity contribution in [1.29, 1.82) is 0 Å². The molecule has 3 fully saturated rings. The highest BCUT2D eigenvalue weighted by Crippen LogP contribution is 2.34. The lowest BCUT2D eigenvalue weighted by Crippen LogP contribution is -2.49. The van der Waals surface area contributed by atoms with Crippen LogP contribution in [0.1, 0.15) is 63.7 Å². The number of carbonyl (C=O) groups is 1. The molecule has 0 bridgehead atoms. The lowest BCUT2D eigenvalue weighted by molar-refractivity contribution is -0.134. The second-order valence-electron chi connectivity index (χ2n) is 7.79. The molecule has 3 heterocycles. The van der Waals surface area contributed by atoms with Gasteiger partial charge in [-0.25, -0.2) is 4.98 Å². The molecule has 1 amide bonds. The Morgan fingerprint density at radius 1 is 1.29 bits per heavy atom. The normalized spacial score (nSPS) is 33.5. The van der Waals surface area contributed by atoms with Crippen molar-refractivity contribution in [3.8, 4) is 0 Å². The van der Waals surface area contributed by atoms with Gasteiger partial charge in [0.15, 0.2) is 0 Å². The van der Waals surface area contributed by atoms with E-state index in [1.165, 1.54) is 25.7 Å². The molecule has 4 unspecified atom stereocenters. The van der Waals surface area contributed by atoms with Crippen LogP contribution in [0.25, 0.3) is 0 Å². The van der Waals surface area contributed by atoms with Crippen LogP contribution in [-0.2, 0) is 11.2 Å². The van der Waals surface area contributed by atoms with E-state index in [0.717, 1.165) is 50.5 Å². The SMILES string of the molecule is CCc1nccn1C1CCCN(C(=O)C2CC3CCCCC3N2)C1. The second kappa shape index (κ2) is 6.87. The zero-order valence-corrected chi connectivity index (χ0v) is 14.8. The van der Waals surface area contributed by atoms with E-state index < -0.39 is 0 Å². The highest BCUT2D eigenvalue weighted by molar-refractivity contribution is 5.82. The van der Waals surface area contributed by atoms with Crippen LogP contribution in [0, 0.1) is 5.92 Å². The Morgan fingerprint density at radius 2 is 2.17 bits per heavy atom. The summed E-state index contributed by atoms with van der Waals surface area (Å²) in [6, 6.07) is 1.04. The lowest BCUT2D eigenvalue weighted by atomic mass is 9.85. The molecule has 1 saturated carbocycles. The van der Waals surface area contributed by atoms with Gasteiger partial charge in [0, 0.05) is 37.9 Å². The second-order valence-corrected chi connectivity index (χ2v) is 7.79. The highest BCUT2D eigenvalue weighted by Gasteiger charge is 2.40. The van der Waals surface area contributed by atoms with Crippen molar-refractivity contribution in [3.63, 3.8) is 0 Å². The van der Waals surface area contributed by atoms with E-state index in [4.69, 9.17) is 0 Å². The van der Waals surface area contributed by atoms with Gasteiger partial charge in [0.2, 0.25) is 5.91 Å². The number of aryl methyl sites for hydroxylation is 1. The molecule has 0 radical (unpaired) electrons. The molecule has 1 aromatic heterocycles. The first-order valence-corrected chi connectivity index (χ1v) is 9.82. The summed E-state index contributed by atoms with van der Waals surface area (Å²) in [5, 5.41) is 3.65. The van der Waals surface area contributed by atoms with Gasteiger partial charge in [0.25, 0.3) is 0 Å². The van der Waals surface area contributed by atoms with Crippen LogP contribution in [0.15, 0.2) is 12.4 Å². The Balaban J connectivity index is 1.41. The molecule has 4 atom stereocenters. The number of piperidine rings is 1. The first kappa shape index (κ1) is 16.1. The van der Waals surface area contributed by atoms with Gasteiger partial charge in [-0.3, -0.25) is 4.79 Å². The van der Waals surface area contributed by atoms with E-state index in [1.54, 1.807) is 0 Å². The van der Waals surface area contributed by atoms with Gasteiger partial charge in [-0.1, -0.05) is 19.8 Å². The molecule has 0 aromatic carbocycles. The van der Waals surface area contributed by atoms with Crippen molar-refractivity contribution in [2.24, 2.45) is 5.92 Å². The fraction of sp³-hybridized carbons (Fsp3) is 0.789. The molecule has 1 N–H and O–H groups in total. The number of likely N-dealkylation sites (tertiary alicyclic amines) is 1. The molecule has 0 spiro atoms.